The Morgan fingerprint density at radius 2 is 1.29 bits per heavy atom. The van der Waals surface area contributed by atoms with Crippen LogP contribution in [0.3, 0.4) is 0 Å². The molecule has 5 heteroatoms. The van der Waals surface area contributed by atoms with Crippen LogP contribution in [0, 0.1) is 0 Å². The zero-order chi connectivity index (χ0) is 39.0. The first kappa shape index (κ1) is 32.8. The van der Waals surface area contributed by atoms with Crippen LogP contribution in [-0.4, -0.2) is 19.5 Å². The van der Waals surface area contributed by atoms with Crippen molar-refractivity contribution >= 4 is 85.8 Å². The van der Waals surface area contributed by atoms with E-state index in [9.17, 15) is 0 Å². The second-order valence-corrected chi connectivity index (χ2v) is 17.4. The van der Waals surface area contributed by atoms with Crippen LogP contribution in [0.1, 0.15) is 25.0 Å². The van der Waals surface area contributed by atoms with Crippen molar-refractivity contribution in [2.75, 3.05) is 0 Å². The van der Waals surface area contributed by atoms with Crippen LogP contribution in [0.15, 0.2) is 170 Å². The SMILES string of the molecule is CC1(C)c2ccccc2-c2ccc(-c3nc(-n4c5ccc(-c6ccccn6)cc5c5cc6ccc7c8ccccc8sc7c6cc54)nc4ccc5ccccc5c34)cc21. The van der Waals surface area contributed by atoms with Crippen LogP contribution in [0.4, 0.5) is 0 Å². The maximum atomic E-state index is 5.69. The Hall–Kier alpha value is -7.21. The number of hydrogen-bond donors (Lipinski definition) is 0. The lowest BCUT2D eigenvalue weighted by Crippen LogP contribution is -2.15. The second-order valence-electron chi connectivity index (χ2n) is 16.4. The lowest BCUT2D eigenvalue weighted by atomic mass is 9.81. The van der Waals surface area contributed by atoms with Gasteiger partial charge < -0.3 is 0 Å². The van der Waals surface area contributed by atoms with E-state index in [1.165, 1.54) is 58.6 Å². The summed E-state index contributed by atoms with van der Waals surface area (Å²) < 4.78 is 4.89. The van der Waals surface area contributed by atoms with Crippen LogP contribution in [0.25, 0.3) is 114 Å². The molecular formula is C54H34N4S. The normalized spacial score (nSPS) is 13.4. The first-order valence-corrected chi connectivity index (χ1v) is 21.0. The second kappa shape index (κ2) is 11.9. The van der Waals surface area contributed by atoms with E-state index in [-0.39, 0.29) is 5.41 Å². The quantitative estimate of drug-likeness (QED) is 0.168. The van der Waals surface area contributed by atoms with Crippen LogP contribution in [0.2, 0.25) is 0 Å². The van der Waals surface area contributed by atoms with Crippen LogP contribution >= 0.6 is 11.3 Å². The van der Waals surface area contributed by atoms with Crippen molar-refractivity contribution in [2.24, 2.45) is 0 Å². The number of aromatic nitrogens is 4. The van der Waals surface area contributed by atoms with Crippen molar-refractivity contribution in [2.45, 2.75) is 19.3 Å². The number of rotatable bonds is 3. The van der Waals surface area contributed by atoms with Crippen molar-refractivity contribution in [3.05, 3.63) is 181 Å². The summed E-state index contributed by atoms with van der Waals surface area (Å²) in [6, 6.07) is 59.6. The molecule has 0 radical (unpaired) electrons. The van der Waals surface area contributed by atoms with Crippen molar-refractivity contribution in [3.63, 3.8) is 0 Å². The first-order chi connectivity index (χ1) is 29.0. The topological polar surface area (TPSA) is 43.6 Å². The Morgan fingerprint density at radius 3 is 2.20 bits per heavy atom. The highest BCUT2D eigenvalue weighted by atomic mass is 32.1. The third kappa shape index (κ3) is 4.62. The Morgan fingerprint density at radius 1 is 0.508 bits per heavy atom. The van der Waals surface area contributed by atoms with E-state index in [4.69, 9.17) is 15.0 Å². The van der Waals surface area contributed by atoms with Gasteiger partial charge in [0.1, 0.15) is 0 Å². The lowest BCUT2D eigenvalue weighted by molar-refractivity contribution is 0.660. The van der Waals surface area contributed by atoms with E-state index in [2.05, 4.69) is 170 Å². The molecule has 0 aliphatic heterocycles. The Bertz CT molecular complexity index is 3760. The highest BCUT2D eigenvalue weighted by molar-refractivity contribution is 7.26. The molecule has 0 atom stereocenters. The molecule has 8 aromatic carbocycles. The largest absolute Gasteiger partial charge is 0.278 e. The van der Waals surface area contributed by atoms with Gasteiger partial charge in [-0.05, 0) is 93.0 Å². The van der Waals surface area contributed by atoms with E-state index in [0.29, 0.717) is 5.95 Å². The molecule has 0 saturated heterocycles. The summed E-state index contributed by atoms with van der Waals surface area (Å²) in [4.78, 5) is 15.9. The number of benzene rings is 8. The number of fused-ring (bicyclic) bond motifs is 14. The fraction of sp³-hybridized carbons (Fsp3) is 0.0556. The summed E-state index contributed by atoms with van der Waals surface area (Å²) in [7, 11) is 0. The third-order valence-corrected chi connectivity index (χ3v) is 14.1. The van der Waals surface area contributed by atoms with Gasteiger partial charge in [0, 0.05) is 64.5 Å². The molecule has 4 heterocycles. The van der Waals surface area contributed by atoms with Crippen LogP contribution in [0.5, 0.6) is 0 Å². The minimum Gasteiger partial charge on any atom is -0.278 e. The average Bonchev–Trinajstić information content (AvgIpc) is 3.90. The maximum absolute atomic E-state index is 5.69. The maximum Gasteiger partial charge on any atom is 0.235 e. The van der Waals surface area contributed by atoms with Gasteiger partial charge in [0.15, 0.2) is 0 Å². The predicted octanol–water partition coefficient (Wildman–Crippen LogP) is 14.4. The third-order valence-electron chi connectivity index (χ3n) is 12.8. The summed E-state index contributed by atoms with van der Waals surface area (Å²) >= 11 is 1.87. The number of pyridine rings is 1. The van der Waals surface area contributed by atoms with Gasteiger partial charge in [-0.1, -0.05) is 123 Å². The monoisotopic (exact) mass is 770 g/mol. The molecule has 59 heavy (non-hydrogen) atoms. The Balaban J connectivity index is 1.14. The molecule has 12 aromatic rings. The van der Waals surface area contributed by atoms with Gasteiger partial charge in [-0.25, -0.2) is 9.97 Å². The zero-order valence-corrected chi connectivity index (χ0v) is 33.2. The number of hydrogen-bond acceptors (Lipinski definition) is 4. The Kier molecular flexibility index (Phi) is 6.63. The zero-order valence-electron chi connectivity index (χ0n) is 32.4. The molecule has 1 aliphatic carbocycles. The molecular weight excluding hydrogens is 737 g/mol. The van der Waals surface area contributed by atoms with E-state index < -0.39 is 0 Å². The first-order valence-electron chi connectivity index (χ1n) is 20.2. The van der Waals surface area contributed by atoms with Gasteiger partial charge in [-0.2, -0.15) is 0 Å². The number of thiophene rings is 1. The standard InChI is InChI=1S/C54H34N4S/c1-54(2)43-15-7-5-13-36(43)37-22-19-34(29-44(37)54)51-50-35-12-4-3-11-31(35)20-24-46(50)56-53(57-51)58-47-25-21-33(45-16-9-10-26-55-45)28-41(47)42-27-32-18-23-39-38-14-6-8-17-49(38)59-52(39)40(32)30-48(42)58/h3-30H,1-2H3. The highest BCUT2D eigenvalue weighted by Gasteiger charge is 2.35. The molecule has 1 aliphatic rings. The van der Waals surface area contributed by atoms with Crippen molar-refractivity contribution < 1.29 is 0 Å². The van der Waals surface area contributed by atoms with Crippen LogP contribution in [-0.2, 0) is 5.41 Å². The minimum atomic E-state index is -0.146. The predicted molar refractivity (Wildman–Crippen MR) is 248 cm³/mol. The van der Waals surface area contributed by atoms with Gasteiger partial charge in [-0.3, -0.25) is 9.55 Å². The van der Waals surface area contributed by atoms with E-state index in [0.717, 1.165) is 60.6 Å². The van der Waals surface area contributed by atoms with Crippen LogP contribution < -0.4 is 0 Å². The summed E-state index contributed by atoms with van der Waals surface area (Å²) in [5, 5.41) is 10.7. The fourth-order valence-corrected chi connectivity index (χ4v) is 11.2. The molecule has 276 valence electrons. The molecule has 4 nitrogen and oxygen atoms in total. The van der Waals surface area contributed by atoms with Crippen molar-refractivity contribution in [3.8, 4) is 39.6 Å². The molecule has 0 unspecified atom stereocenters. The smallest absolute Gasteiger partial charge is 0.235 e. The van der Waals surface area contributed by atoms with E-state index in [1.54, 1.807) is 0 Å². The molecule has 0 fully saturated rings. The lowest BCUT2D eigenvalue weighted by Gasteiger charge is -2.22. The van der Waals surface area contributed by atoms with E-state index >= 15 is 0 Å². The minimum absolute atomic E-state index is 0.146. The van der Waals surface area contributed by atoms with E-state index in [1.807, 2.05) is 29.7 Å². The molecule has 13 rings (SSSR count). The van der Waals surface area contributed by atoms with Gasteiger partial charge >= 0.3 is 0 Å². The molecule has 0 amide bonds. The summed E-state index contributed by atoms with van der Waals surface area (Å²) in [5.74, 6) is 0.652. The molecule has 4 aromatic heterocycles. The van der Waals surface area contributed by atoms with Gasteiger partial charge in [0.05, 0.1) is 27.9 Å². The van der Waals surface area contributed by atoms with Gasteiger partial charge in [0.2, 0.25) is 5.95 Å². The van der Waals surface area contributed by atoms with Crippen molar-refractivity contribution in [1.29, 1.82) is 0 Å². The van der Waals surface area contributed by atoms with Crippen molar-refractivity contribution in [1.82, 2.24) is 19.5 Å². The van der Waals surface area contributed by atoms with Gasteiger partial charge in [0.25, 0.3) is 0 Å². The molecule has 0 spiro atoms. The molecule has 0 saturated carbocycles. The average molecular weight is 771 g/mol. The Labute approximate surface area is 343 Å². The number of nitrogens with zero attached hydrogens (tertiary/aromatic N) is 4. The fourth-order valence-electron chi connectivity index (χ4n) is 9.98. The summed E-state index contributed by atoms with van der Waals surface area (Å²) in [6.07, 6.45) is 1.86. The summed E-state index contributed by atoms with van der Waals surface area (Å²) in [6.45, 7) is 4.69. The molecule has 0 N–H and O–H groups in total. The summed E-state index contributed by atoms with van der Waals surface area (Å²) in [5.41, 5.74) is 12.2. The highest BCUT2D eigenvalue weighted by Crippen LogP contribution is 2.50. The van der Waals surface area contributed by atoms with Gasteiger partial charge in [-0.15, -0.1) is 11.3 Å². The molecule has 0 bridgehead atoms.